The van der Waals surface area contributed by atoms with Crippen LogP contribution in [0.15, 0.2) is 38.6 Å². The molecule has 1 aromatic carbocycles. The number of rotatable bonds is 5. The topological polar surface area (TPSA) is 46.3 Å². The Morgan fingerprint density at radius 1 is 1.33 bits per heavy atom. The molecule has 0 spiro atoms. The van der Waals surface area contributed by atoms with Crippen LogP contribution in [0.5, 0.6) is 0 Å². The number of anilines is 1. The number of carbonyl (C=O) groups excluding carboxylic acids is 1. The van der Waals surface area contributed by atoms with Crippen molar-refractivity contribution < 1.29 is 4.79 Å². The summed E-state index contributed by atoms with van der Waals surface area (Å²) in [6.07, 6.45) is 0.909. The zero-order chi connectivity index (χ0) is 15.4. The third kappa shape index (κ3) is 4.08. The molecule has 0 saturated carbocycles. The number of hydrogen-bond acceptors (Lipinski definition) is 3. The summed E-state index contributed by atoms with van der Waals surface area (Å²) in [6.45, 7) is 3.31. The third-order valence-electron chi connectivity index (χ3n) is 3.05. The van der Waals surface area contributed by atoms with Crippen molar-refractivity contribution in [3.63, 3.8) is 0 Å². The van der Waals surface area contributed by atoms with E-state index in [-0.39, 0.29) is 5.91 Å². The minimum Gasteiger partial charge on any atom is -0.398 e. The molecule has 0 aliphatic rings. The number of nitrogens with two attached hydrogens (primary N) is 1. The van der Waals surface area contributed by atoms with Gasteiger partial charge in [0.25, 0.3) is 5.91 Å². The zero-order valence-corrected chi connectivity index (χ0v) is 15.6. The molecule has 21 heavy (non-hydrogen) atoms. The Morgan fingerprint density at radius 2 is 2.05 bits per heavy atom. The second-order valence-electron chi connectivity index (χ2n) is 4.66. The second kappa shape index (κ2) is 7.42. The molecule has 1 heterocycles. The van der Waals surface area contributed by atoms with Gasteiger partial charge in [-0.2, -0.15) is 0 Å². The lowest BCUT2D eigenvalue weighted by Gasteiger charge is -2.22. The molecule has 112 valence electrons. The Hall–Kier alpha value is -0.850. The van der Waals surface area contributed by atoms with Crippen LogP contribution < -0.4 is 5.73 Å². The summed E-state index contributed by atoms with van der Waals surface area (Å²) in [5, 5.41) is 0. The number of halogens is 2. The molecule has 0 saturated heterocycles. The third-order valence-corrected chi connectivity index (χ3v) is 6.30. The van der Waals surface area contributed by atoms with Crippen molar-refractivity contribution in [1.82, 2.24) is 4.90 Å². The average Bonchev–Trinajstić information content (AvgIpc) is 2.80. The summed E-state index contributed by atoms with van der Waals surface area (Å²) in [7, 11) is 0. The molecule has 1 aromatic heterocycles. The van der Waals surface area contributed by atoms with E-state index in [1.165, 1.54) is 11.3 Å². The number of nitrogen functional groups attached to an aromatic ring is 1. The first-order chi connectivity index (χ1) is 10.0. The summed E-state index contributed by atoms with van der Waals surface area (Å²) < 4.78 is 1.84. The predicted octanol–water partition coefficient (Wildman–Crippen LogP) is 4.91. The van der Waals surface area contributed by atoms with Crippen molar-refractivity contribution in [1.29, 1.82) is 0 Å². The second-order valence-corrected chi connectivity index (χ2v) is 7.88. The van der Waals surface area contributed by atoms with E-state index in [9.17, 15) is 4.79 Å². The zero-order valence-electron chi connectivity index (χ0n) is 11.6. The lowest BCUT2D eigenvalue weighted by Crippen LogP contribution is -2.31. The van der Waals surface area contributed by atoms with Gasteiger partial charge in [0.1, 0.15) is 0 Å². The molecule has 2 N–H and O–H groups in total. The Morgan fingerprint density at radius 3 is 2.62 bits per heavy atom. The molecule has 6 heteroatoms. The molecule has 2 aromatic rings. The van der Waals surface area contributed by atoms with Crippen molar-refractivity contribution in [3.8, 4) is 0 Å². The highest BCUT2D eigenvalue weighted by atomic mass is 79.9. The molecule has 3 nitrogen and oxygen atoms in total. The van der Waals surface area contributed by atoms with E-state index >= 15 is 0 Å². The lowest BCUT2D eigenvalue weighted by atomic mass is 10.1. The normalized spacial score (nSPS) is 10.6. The predicted molar refractivity (Wildman–Crippen MR) is 95.6 cm³/mol. The van der Waals surface area contributed by atoms with Crippen LogP contribution in [-0.2, 0) is 6.54 Å². The van der Waals surface area contributed by atoms with Crippen LogP contribution >= 0.6 is 43.2 Å². The van der Waals surface area contributed by atoms with Gasteiger partial charge in [0.15, 0.2) is 0 Å². The van der Waals surface area contributed by atoms with Gasteiger partial charge in [-0.25, -0.2) is 0 Å². The number of carbonyl (C=O) groups is 1. The first-order valence-electron chi connectivity index (χ1n) is 6.60. The lowest BCUT2D eigenvalue weighted by molar-refractivity contribution is 0.0748. The molecular weight excluding hydrogens is 416 g/mol. The minimum atomic E-state index is 0.0384. The fourth-order valence-electron chi connectivity index (χ4n) is 2.01. The Kier molecular flexibility index (Phi) is 5.84. The van der Waals surface area contributed by atoms with Crippen LogP contribution in [0.2, 0.25) is 0 Å². The standard InChI is InChI=1S/C15H16Br2N2OS/c1-2-7-19(9-10-5-3-4-6-12(10)18)15(20)13-8-11(16)14(17)21-13/h3-6,8H,2,7,9,18H2,1H3. The fraction of sp³-hybridized carbons (Fsp3) is 0.267. The maximum absolute atomic E-state index is 12.7. The van der Waals surface area contributed by atoms with Crippen LogP contribution in [0, 0.1) is 0 Å². The van der Waals surface area contributed by atoms with Crippen LogP contribution in [0.4, 0.5) is 5.69 Å². The number of amides is 1. The van der Waals surface area contributed by atoms with Gasteiger partial charge >= 0.3 is 0 Å². The summed E-state index contributed by atoms with van der Waals surface area (Å²) in [5.74, 6) is 0.0384. The first-order valence-corrected chi connectivity index (χ1v) is 9.00. The smallest absolute Gasteiger partial charge is 0.264 e. The maximum Gasteiger partial charge on any atom is 0.264 e. The molecule has 0 aliphatic carbocycles. The molecule has 0 atom stereocenters. The molecule has 0 aliphatic heterocycles. The number of thiophene rings is 1. The summed E-state index contributed by atoms with van der Waals surface area (Å²) in [4.78, 5) is 15.2. The largest absolute Gasteiger partial charge is 0.398 e. The van der Waals surface area contributed by atoms with Crippen LogP contribution in [0.3, 0.4) is 0 Å². The highest BCUT2D eigenvalue weighted by Crippen LogP contribution is 2.33. The van der Waals surface area contributed by atoms with Crippen molar-refractivity contribution in [2.24, 2.45) is 0 Å². The molecule has 0 unspecified atom stereocenters. The summed E-state index contributed by atoms with van der Waals surface area (Å²) in [6, 6.07) is 9.53. The minimum absolute atomic E-state index is 0.0384. The van der Waals surface area contributed by atoms with Crippen molar-refractivity contribution in [2.45, 2.75) is 19.9 Å². The van der Waals surface area contributed by atoms with Crippen LogP contribution in [0.25, 0.3) is 0 Å². The number of nitrogens with zero attached hydrogens (tertiary/aromatic N) is 1. The van der Waals surface area contributed by atoms with Gasteiger partial charge in [0.05, 0.1) is 8.66 Å². The Labute approximate surface area is 145 Å². The van der Waals surface area contributed by atoms with Crippen molar-refractivity contribution >= 4 is 54.8 Å². The van der Waals surface area contributed by atoms with Crippen molar-refractivity contribution in [2.75, 3.05) is 12.3 Å². The van der Waals surface area contributed by atoms with Crippen molar-refractivity contribution in [3.05, 3.63) is 49.0 Å². The first kappa shape index (κ1) is 16.5. The molecule has 1 amide bonds. The van der Waals surface area contributed by atoms with Crippen LogP contribution in [0.1, 0.15) is 28.6 Å². The highest BCUT2D eigenvalue weighted by molar-refractivity contribution is 9.13. The van der Waals surface area contributed by atoms with E-state index in [1.807, 2.05) is 35.2 Å². The van der Waals surface area contributed by atoms with Gasteiger partial charge in [-0.05, 0) is 56.0 Å². The van der Waals surface area contributed by atoms with Gasteiger partial charge < -0.3 is 10.6 Å². The van der Waals surface area contributed by atoms with Gasteiger partial charge in [-0.1, -0.05) is 25.1 Å². The van der Waals surface area contributed by atoms with E-state index < -0.39 is 0 Å². The summed E-state index contributed by atoms with van der Waals surface area (Å²) >= 11 is 8.29. The van der Waals surface area contributed by atoms with Gasteiger partial charge in [0.2, 0.25) is 0 Å². The average molecular weight is 432 g/mol. The van der Waals surface area contributed by atoms with E-state index in [4.69, 9.17) is 5.73 Å². The molecular formula is C15H16Br2N2OS. The molecule has 0 fully saturated rings. The molecule has 0 radical (unpaired) electrons. The fourth-order valence-corrected chi connectivity index (χ4v) is 4.02. The summed E-state index contributed by atoms with van der Waals surface area (Å²) in [5.41, 5.74) is 7.68. The van der Waals surface area contributed by atoms with E-state index in [1.54, 1.807) is 0 Å². The number of hydrogen-bond donors (Lipinski definition) is 1. The monoisotopic (exact) mass is 430 g/mol. The Bertz CT molecular complexity index is 623. The van der Waals surface area contributed by atoms with Crippen LogP contribution in [-0.4, -0.2) is 17.4 Å². The number of para-hydroxylation sites is 1. The van der Waals surface area contributed by atoms with Gasteiger partial charge in [-0.3, -0.25) is 4.79 Å². The maximum atomic E-state index is 12.7. The van der Waals surface area contributed by atoms with Gasteiger partial charge in [-0.15, -0.1) is 11.3 Å². The SMILES string of the molecule is CCCN(Cc1ccccc1N)C(=O)c1cc(Br)c(Br)s1. The van der Waals surface area contributed by atoms with E-state index in [0.29, 0.717) is 13.1 Å². The Balaban J connectivity index is 2.22. The molecule has 0 bridgehead atoms. The van der Waals surface area contributed by atoms with E-state index in [2.05, 4.69) is 38.8 Å². The van der Waals surface area contributed by atoms with Gasteiger partial charge in [0, 0.05) is 23.2 Å². The quantitative estimate of drug-likeness (QED) is 0.683. The van der Waals surface area contributed by atoms with E-state index in [0.717, 1.165) is 30.8 Å². The highest BCUT2D eigenvalue weighted by Gasteiger charge is 2.19. The molecule has 2 rings (SSSR count). The number of benzene rings is 1.